The summed E-state index contributed by atoms with van der Waals surface area (Å²) < 4.78 is 0. The maximum atomic E-state index is 12.7. The molecule has 8 heteroatoms. The molecule has 2 aromatic carbocycles. The molecule has 5 N–H and O–H groups in total. The van der Waals surface area contributed by atoms with Crippen molar-refractivity contribution in [1.82, 2.24) is 10.3 Å². The van der Waals surface area contributed by atoms with E-state index in [1.165, 1.54) is 11.3 Å². The van der Waals surface area contributed by atoms with Crippen LogP contribution in [0.3, 0.4) is 0 Å². The molecule has 0 saturated carbocycles. The third-order valence-electron chi connectivity index (χ3n) is 5.05. The second-order valence-corrected chi connectivity index (χ2v) is 8.62. The molecule has 1 aromatic heterocycles. The van der Waals surface area contributed by atoms with Crippen LogP contribution in [0.1, 0.15) is 36.8 Å². The SMILES string of the molecule is CC(C)(C(=O)Nc1ccc(CCNCC(O)c2ccccc2)cc1)c1csc(N)n1.Cl. The molecule has 0 fully saturated rings. The van der Waals surface area contributed by atoms with Gasteiger partial charge < -0.3 is 21.5 Å². The number of nitrogens with one attached hydrogen (secondary N) is 2. The van der Waals surface area contributed by atoms with Crippen LogP contribution in [0.25, 0.3) is 0 Å². The number of anilines is 2. The minimum atomic E-state index is -0.768. The fourth-order valence-electron chi connectivity index (χ4n) is 3.00. The average molecular weight is 461 g/mol. The van der Waals surface area contributed by atoms with Crippen LogP contribution in [0.2, 0.25) is 0 Å². The average Bonchev–Trinajstić information content (AvgIpc) is 3.20. The molecule has 0 aliphatic carbocycles. The Balaban J connectivity index is 0.00000341. The standard InChI is InChI=1S/C23H28N4O2S.ClH/c1-23(2,20-15-30-22(24)27-20)21(29)26-18-10-8-16(9-11-18)12-13-25-14-19(28)17-6-4-3-5-7-17;/h3-11,15,19,25,28H,12-14H2,1-2H3,(H2,24,27)(H,26,29);1H. The Hall–Kier alpha value is -2.45. The summed E-state index contributed by atoms with van der Waals surface area (Å²) in [6.07, 6.45) is 0.319. The van der Waals surface area contributed by atoms with Gasteiger partial charge in [0.15, 0.2) is 5.13 Å². The van der Waals surface area contributed by atoms with Crippen LogP contribution in [0.5, 0.6) is 0 Å². The molecule has 0 aliphatic heterocycles. The quantitative estimate of drug-likeness (QED) is 0.362. The van der Waals surface area contributed by atoms with Gasteiger partial charge in [-0.15, -0.1) is 23.7 Å². The number of carbonyl (C=O) groups is 1. The van der Waals surface area contributed by atoms with Gasteiger partial charge in [0, 0.05) is 17.6 Å². The summed E-state index contributed by atoms with van der Waals surface area (Å²) in [5, 5.41) is 18.7. The van der Waals surface area contributed by atoms with E-state index >= 15 is 0 Å². The second-order valence-electron chi connectivity index (χ2n) is 7.73. The van der Waals surface area contributed by atoms with Crippen molar-refractivity contribution >= 4 is 40.5 Å². The number of amides is 1. The van der Waals surface area contributed by atoms with E-state index in [0.717, 1.165) is 29.8 Å². The molecule has 3 rings (SSSR count). The number of nitrogens with zero attached hydrogens (tertiary/aromatic N) is 1. The van der Waals surface area contributed by atoms with Gasteiger partial charge in [0.25, 0.3) is 0 Å². The summed E-state index contributed by atoms with van der Waals surface area (Å²) in [4.78, 5) is 16.9. The van der Waals surface area contributed by atoms with E-state index in [9.17, 15) is 9.90 Å². The van der Waals surface area contributed by atoms with Crippen molar-refractivity contribution < 1.29 is 9.90 Å². The number of aliphatic hydroxyl groups is 1. The highest BCUT2D eigenvalue weighted by Crippen LogP contribution is 2.27. The van der Waals surface area contributed by atoms with Crippen LogP contribution in [-0.2, 0) is 16.6 Å². The highest BCUT2D eigenvalue weighted by Gasteiger charge is 2.32. The number of aromatic nitrogens is 1. The Morgan fingerprint density at radius 3 is 2.45 bits per heavy atom. The first kappa shape index (κ1) is 24.8. The summed E-state index contributed by atoms with van der Waals surface area (Å²) in [7, 11) is 0. The summed E-state index contributed by atoms with van der Waals surface area (Å²) in [6, 6.07) is 17.4. The molecule has 3 aromatic rings. The smallest absolute Gasteiger partial charge is 0.236 e. The Morgan fingerprint density at radius 1 is 1.16 bits per heavy atom. The van der Waals surface area contributed by atoms with Gasteiger partial charge in [-0.3, -0.25) is 4.79 Å². The van der Waals surface area contributed by atoms with E-state index in [1.807, 2.05) is 73.8 Å². The van der Waals surface area contributed by atoms with E-state index in [2.05, 4.69) is 15.6 Å². The number of benzene rings is 2. The normalized spacial score (nSPS) is 12.1. The molecule has 6 nitrogen and oxygen atoms in total. The van der Waals surface area contributed by atoms with Crippen molar-refractivity contribution in [3.8, 4) is 0 Å². The van der Waals surface area contributed by atoms with Gasteiger partial charge in [0.1, 0.15) is 0 Å². The van der Waals surface area contributed by atoms with Crippen LogP contribution < -0.4 is 16.4 Å². The number of nitrogens with two attached hydrogens (primary N) is 1. The van der Waals surface area contributed by atoms with E-state index in [0.29, 0.717) is 17.4 Å². The molecule has 1 unspecified atom stereocenters. The third kappa shape index (κ3) is 6.77. The second kappa shape index (κ2) is 11.2. The van der Waals surface area contributed by atoms with Crippen LogP contribution in [0.4, 0.5) is 10.8 Å². The topological polar surface area (TPSA) is 100 Å². The van der Waals surface area contributed by atoms with E-state index in [1.54, 1.807) is 0 Å². The fraction of sp³-hybridized carbons (Fsp3) is 0.304. The minimum absolute atomic E-state index is 0. The Labute approximate surface area is 193 Å². The number of carbonyl (C=O) groups excluding carboxylic acids is 1. The zero-order valence-electron chi connectivity index (χ0n) is 17.7. The van der Waals surface area contributed by atoms with Crippen molar-refractivity contribution in [3.05, 3.63) is 76.8 Å². The molecule has 1 atom stereocenters. The first-order chi connectivity index (χ1) is 14.4. The fourth-order valence-corrected chi connectivity index (χ4v) is 3.73. The lowest BCUT2D eigenvalue weighted by Gasteiger charge is -2.21. The van der Waals surface area contributed by atoms with E-state index in [4.69, 9.17) is 5.73 Å². The molecule has 1 amide bonds. The number of rotatable bonds is 9. The molecule has 0 saturated heterocycles. The molecule has 0 spiro atoms. The molecule has 166 valence electrons. The minimum Gasteiger partial charge on any atom is -0.387 e. The van der Waals surface area contributed by atoms with Crippen molar-refractivity contribution in [1.29, 1.82) is 0 Å². The number of hydrogen-bond donors (Lipinski definition) is 4. The Bertz CT molecular complexity index is 961. The van der Waals surface area contributed by atoms with Gasteiger partial charge >= 0.3 is 0 Å². The molecule has 0 aliphatic rings. The van der Waals surface area contributed by atoms with Crippen LogP contribution in [0.15, 0.2) is 60.0 Å². The number of halogens is 1. The molecule has 31 heavy (non-hydrogen) atoms. The van der Waals surface area contributed by atoms with Gasteiger partial charge in [0.2, 0.25) is 5.91 Å². The van der Waals surface area contributed by atoms with Gasteiger partial charge in [0.05, 0.1) is 17.2 Å². The lowest BCUT2D eigenvalue weighted by molar-refractivity contribution is -0.120. The van der Waals surface area contributed by atoms with Crippen LogP contribution in [-0.4, -0.2) is 29.1 Å². The first-order valence-electron chi connectivity index (χ1n) is 9.92. The van der Waals surface area contributed by atoms with Crippen LogP contribution >= 0.6 is 23.7 Å². The van der Waals surface area contributed by atoms with Gasteiger partial charge in [-0.2, -0.15) is 0 Å². The first-order valence-corrected chi connectivity index (χ1v) is 10.8. The zero-order valence-corrected chi connectivity index (χ0v) is 19.3. The number of nitrogen functional groups attached to an aromatic ring is 1. The predicted octanol–water partition coefficient (Wildman–Crippen LogP) is 3.93. The van der Waals surface area contributed by atoms with Gasteiger partial charge in [-0.25, -0.2) is 4.98 Å². The van der Waals surface area contributed by atoms with Crippen LogP contribution in [0, 0.1) is 0 Å². The summed E-state index contributed by atoms with van der Waals surface area (Å²) in [5.41, 5.74) is 8.41. The molecule has 1 heterocycles. The van der Waals surface area contributed by atoms with Crippen molar-refractivity contribution in [2.75, 3.05) is 24.1 Å². The largest absolute Gasteiger partial charge is 0.387 e. The third-order valence-corrected chi connectivity index (χ3v) is 5.73. The van der Waals surface area contributed by atoms with E-state index < -0.39 is 11.5 Å². The number of hydrogen-bond acceptors (Lipinski definition) is 6. The van der Waals surface area contributed by atoms with Gasteiger partial charge in [-0.1, -0.05) is 42.5 Å². The maximum absolute atomic E-state index is 12.7. The zero-order chi connectivity index (χ0) is 21.6. The summed E-state index contributed by atoms with van der Waals surface area (Å²) in [6.45, 7) is 4.93. The van der Waals surface area contributed by atoms with Crippen molar-refractivity contribution in [2.45, 2.75) is 31.8 Å². The lowest BCUT2D eigenvalue weighted by Crippen LogP contribution is -2.35. The molecular formula is C23H29ClN4O2S. The monoisotopic (exact) mass is 460 g/mol. The highest BCUT2D eigenvalue weighted by atomic mass is 35.5. The summed E-state index contributed by atoms with van der Waals surface area (Å²) >= 11 is 1.33. The van der Waals surface area contributed by atoms with Crippen molar-refractivity contribution in [3.63, 3.8) is 0 Å². The number of thiazole rings is 1. The molecule has 0 radical (unpaired) electrons. The molecule has 0 bridgehead atoms. The van der Waals surface area contributed by atoms with E-state index in [-0.39, 0.29) is 18.3 Å². The maximum Gasteiger partial charge on any atom is 0.236 e. The van der Waals surface area contributed by atoms with Gasteiger partial charge in [-0.05, 0) is 50.1 Å². The Morgan fingerprint density at radius 2 is 1.84 bits per heavy atom. The lowest BCUT2D eigenvalue weighted by atomic mass is 9.89. The highest BCUT2D eigenvalue weighted by molar-refractivity contribution is 7.13. The summed E-state index contributed by atoms with van der Waals surface area (Å²) in [5.74, 6) is -0.128. The molecular weight excluding hydrogens is 432 g/mol. The van der Waals surface area contributed by atoms with Crippen molar-refractivity contribution in [2.24, 2.45) is 0 Å². The predicted molar refractivity (Wildman–Crippen MR) is 130 cm³/mol. The number of aliphatic hydroxyl groups excluding tert-OH is 1. The Kier molecular flexibility index (Phi) is 9.00.